The molecule has 1 N–H and O–H groups in total. The van der Waals surface area contributed by atoms with Gasteiger partial charge in [-0.25, -0.2) is 4.39 Å². The van der Waals surface area contributed by atoms with E-state index in [1.807, 2.05) is 0 Å². The fourth-order valence-electron chi connectivity index (χ4n) is 1.95. The van der Waals surface area contributed by atoms with Crippen molar-refractivity contribution in [3.63, 3.8) is 0 Å². The fourth-order valence-corrected chi connectivity index (χ4v) is 1.95. The molecule has 1 aromatic carbocycles. The summed E-state index contributed by atoms with van der Waals surface area (Å²) in [4.78, 5) is 16.0. The van der Waals surface area contributed by atoms with Crippen LogP contribution in [0.2, 0.25) is 0 Å². The van der Waals surface area contributed by atoms with Gasteiger partial charge in [0, 0.05) is 17.7 Å². The highest BCUT2D eigenvalue weighted by atomic mass is 19.1. The summed E-state index contributed by atoms with van der Waals surface area (Å²) in [6.45, 7) is 0. The molecule has 21 heavy (non-hydrogen) atoms. The van der Waals surface area contributed by atoms with Gasteiger partial charge in [-0.2, -0.15) is 0 Å². The van der Waals surface area contributed by atoms with E-state index < -0.39 is 0 Å². The van der Waals surface area contributed by atoms with E-state index in [1.54, 1.807) is 36.5 Å². The summed E-state index contributed by atoms with van der Waals surface area (Å²) >= 11 is 0. The minimum absolute atomic E-state index is 0.330. The minimum atomic E-state index is -0.378. The summed E-state index contributed by atoms with van der Waals surface area (Å²) in [6.07, 6.45) is 5.99. The summed E-state index contributed by atoms with van der Waals surface area (Å²) in [5.74, 6) is -0.129. The molecule has 0 bridgehead atoms. The Morgan fingerprint density at radius 1 is 1.29 bits per heavy atom. The maximum Gasteiger partial charge on any atom is 0.248 e. The Bertz CT molecular complexity index is 810. The molecule has 0 saturated carbocycles. The number of hydrogen-bond acceptors (Lipinski definition) is 3. The van der Waals surface area contributed by atoms with Crippen molar-refractivity contribution in [3.05, 3.63) is 66.5 Å². The fraction of sp³-hybridized carbons (Fsp3) is 0. The van der Waals surface area contributed by atoms with Crippen molar-refractivity contribution in [1.29, 1.82) is 0 Å². The van der Waals surface area contributed by atoms with E-state index in [2.05, 4.69) is 10.3 Å². The van der Waals surface area contributed by atoms with Gasteiger partial charge in [-0.3, -0.25) is 9.78 Å². The number of carbonyl (C=O) groups excluding carboxylic acids is 1. The van der Waals surface area contributed by atoms with E-state index in [0.29, 0.717) is 22.4 Å². The monoisotopic (exact) mass is 282 g/mol. The maximum atomic E-state index is 13.3. The van der Waals surface area contributed by atoms with Gasteiger partial charge in [0.05, 0.1) is 17.5 Å². The Morgan fingerprint density at radius 3 is 3.00 bits per heavy atom. The average Bonchev–Trinajstić information content (AvgIpc) is 2.99. The van der Waals surface area contributed by atoms with Crippen molar-refractivity contribution in [1.82, 2.24) is 4.98 Å². The zero-order chi connectivity index (χ0) is 14.7. The van der Waals surface area contributed by atoms with Crippen LogP contribution in [0.15, 0.2) is 59.4 Å². The normalized spacial score (nSPS) is 11.1. The lowest BCUT2D eigenvalue weighted by Gasteiger charge is -2.06. The van der Waals surface area contributed by atoms with Gasteiger partial charge in [0.2, 0.25) is 5.91 Å². The topological polar surface area (TPSA) is 55.1 Å². The first kappa shape index (κ1) is 13.1. The number of nitrogens with zero attached hydrogens (tertiary/aromatic N) is 1. The van der Waals surface area contributed by atoms with Crippen LogP contribution in [-0.2, 0) is 4.79 Å². The minimum Gasteiger partial charge on any atom is -0.465 e. The van der Waals surface area contributed by atoms with Crippen molar-refractivity contribution < 1.29 is 13.6 Å². The van der Waals surface area contributed by atoms with Crippen LogP contribution < -0.4 is 5.32 Å². The van der Waals surface area contributed by atoms with E-state index in [0.717, 1.165) is 0 Å². The van der Waals surface area contributed by atoms with Crippen LogP contribution >= 0.6 is 0 Å². The SMILES string of the molecule is O=C(/C=C/c1ccco1)Nc1ccnc2ccc(F)cc12. The molecule has 2 aromatic heterocycles. The number of anilines is 1. The summed E-state index contributed by atoms with van der Waals surface area (Å²) in [5.41, 5.74) is 1.12. The highest BCUT2D eigenvalue weighted by molar-refractivity contribution is 6.06. The summed E-state index contributed by atoms with van der Waals surface area (Å²) < 4.78 is 18.4. The molecule has 3 rings (SSSR count). The molecule has 0 aliphatic rings. The molecule has 1 amide bonds. The first-order valence-electron chi connectivity index (χ1n) is 6.29. The number of carbonyl (C=O) groups is 1. The van der Waals surface area contributed by atoms with Crippen LogP contribution in [0.4, 0.5) is 10.1 Å². The van der Waals surface area contributed by atoms with Crippen molar-refractivity contribution >= 4 is 28.6 Å². The molecular weight excluding hydrogens is 271 g/mol. The van der Waals surface area contributed by atoms with Crippen molar-refractivity contribution in [2.75, 3.05) is 5.32 Å². The third kappa shape index (κ3) is 2.97. The second kappa shape index (κ2) is 5.58. The second-order valence-corrected chi connectivity index (χ2v) is 4.36. The molecule has 4 nitrogen and oxygen atoms in total. The van der Waals surface area contributed by atoms with E-state index in [1.165, 1.54) is 24.5 Å². The molecule has 0 radical (unpaired) electrons. The molecule has 0 atom stereocenters. The van der Waals surface area contributed by atoms with Gasteiger partial charge in [-0.1, -0.05) is 0 Å². The van der Waals surface area contributed by atoms with Crippen molar-refractivity contribution in [2.24, 2.45) is 0 Å². The molecule has 0 aliphatic heterocycles. The highest BCUT2D eigenvalue weighted by Gasteiger charge is 2.05. The summed E-state index contributed by atoms with van der Waals surface area (Å²) in [5, 5.41) is 3.25. The zero-order valence-electron chi connectivity index (χ0n) is 10.9. The second-order valence-electron chi connectivity index (χ2n) is 4.36. The molecule has 0 saturated heterocycles. The van der Waals surface area contributed by atoms with E-state index in [-0.39, 0.29) is 11.7 Å². The van der Waals surface area contributed by atoms with Gasteiger partial charge >= 0.3 is 0 Å². The Balaban J connectivity index is 1.84. The van der Waals surface area contributed by atoms with Crippen molar-refractivity contribution in [3.8, 4) is 0 Å². The first-order chi connectivity index (χ1) is 10.2. The smallest absolute Gasteiger partial charge is 0.248 e. The van der Waals surface area contributed by atoms with Gasteiger partial charge in [-0.05, 0) is 42.5 Å². The number of halogens is 1. The van der Waals surface area contributed by atoms with Crippen LogP contribution in [0.1, 0.15) is 5.76 Å². The number of benzene rings is 1. The third-order valence-electron chi connectivity index (χ3n) is 2.90. The van der Waals surface area contributed by atoms with Crippen molar-refractivity contribution in [2.45, 2.75) is 0 Å². The number of fused-ring (bicyclic) bond motifs is 1. The highest BCUT2D eigenvalue weighted by Crippen LogP contribution is 2.22. The molecule has 0 fully saturated rings. The van der Waals surface area contributed by atoms with Crippen LogP contribution in [0.3, 0.4) is 0 Å². The van der Waals surface area contributed by atoms with Gasteiger partial charge in [-0.15, -0.1) is 0 Å². The number of amides is 1. The summed E-state index contributed by atoms with van der Waals surface area (Å²) in [7, 11) is 0. The zero-order valence-corrected chi connectivity index (χ0v) is 10.9. The molecule has 0 aliphatic carbocycles. The number of pyridine rings is 1. The van der Waals surface area contributed by atoms with Gasteiger partial charge < -0.3 is 9.73 Å². The predicted molar refractivity (Wildman–Crippen MR) is 78.1 cm³/mol. The third-order valence-corrected chi connectivity index (χ3v) is 2.90. The van der Waals surface area contributed by atoms with Gasteiger partial charge in [0.15, 0.2) is 0 Å². The average molecular weight is 282 g/mol. The Hall–Kier alpha value is -2.95. The largest absolute Gasteiger partial charge is 0.465 e. The van der Waals surface area contributed by atoms with Gasteiger partial charge in [0.25, 0.3) is 0 Å². The molecule has 2 heterocycles. The summed E-state index contributed by atoms with van der Waals surface area (Å²) in [6, 6.07) is 9.34. The lowest BCUT2D eigenvalue weighted by Crippen LogP contribution is -2.08. The van der Waals surface area contributed by atoms with Crippen LogP contribution in [0, 0.1) is 5.82 Å². The molecule has 0 unspecified atom stereocenters. The number of rotatable bonds is 3. The number of furan rings is 1. The maximum absolute atomic E-state index is 13.3. The van der Waals surface area contributed by atoms with Crippen LogP contribution in [0.5, 0.6) is 0 Å². The number of nitrogens with one attached hydrogen (secondary N) is 1. The molecule has 5 heteroatoms. The predicted octanol–water partition coefficient (Wildman–Crippen LogP) is 3.62. The standard InChI is InChI=1S/C16H11FN2O2/c17-11-3-5-14-13(10-11)15(7-8-18-14)19-16(20)6-4-12-2-1-9-21-12/h1-10H,(H,18,19,20)/b6-4+. The van der Waals surface area contributed by atoms with E-state index >= 15 is 0 Å². The Kier molecular flexibility index (Phi) is 3.47. The Morgan fingerprint density at radius 2 is 2.19 bits per heavy atom. The lowest BCUT2D eigenvalue weighted by atomic mass is 10.2. The lowest BCUT2D eigenvalue weighted by molar-refractivity contribution is -0.111. The first-order valence-corrected chi connectivity index (χ1v) is 6.29. The van der Waals surface area contributed by atoms with Gasteiger partial charge in [0.1, 0.15) is 11.6 Å². The Labute approximate surface area is 119 Å². The van der Waals surface area contributed by atoms with Crippen LogP contribution in [-0.4, -0.2) is 10.9 Å². The number of hydrogen-bond donors (Lipinski definition) is 1. The molecule has 0 spiro atoms. The van der Waals surface area contributed by atoms with Crippen LogP contribution in [0.25, 0.3) is 17.0 Å². The molecule has 104 valence electrons. The molecule has 3 aromatic rings. The molecular formula is C16H11FN2O2. The number of aromatic nitrogens is 1. The van der Waals surface area contributed by atoms with E-state index in [9.17, 15) is 9.18 Å². The van der Waals surface area contributed by atoms with E-state index in [4.69, 9.17) is 4.42 Å². The quantitative estimate of drug-likeness (QED) is 0.746.